The predicted octanol–water partition coefficient (Wildman–Crippen LogP) is 7.75. The minimum atomic E-state index is 0.229. The van der Waals surface area contributed by atoms with Crippen LogP contribution in [-0.2, 0) is 18.5 Å². The minimum Gasteiger partial charge on any atom is -0.391 e. The van der Waals surface area contributed by atoms with Crippen molar-refractivity contribution in [3.05, 3.63) is 99.0 Å². The first-order chi connectivity index (χ1) is 15.5. The van der Waals surface area contributed by atoms with Gasteiger partial charge >= 0.3 is 0 Å². The smallest absolute Gasteiger partial charge is 0.143 e. The van der Waals surface area contributed by atoms with E-state index in [1.54, 1.807) is 30.1 Å². The maximum absolute atomic E-state index is 6.22. The lowest BCUT2D eigenvalue weighted by Gasteiger charge is -2.05. The Labute approximate surface area is 205 Å². The molecule has 0 radical (unpaired) electrons. The van der Waals surface area contributed by atoms with Crippen LogP contribution >= 0.6 is 46.6 Å². The zero-order valence-corrected chi connectivity index (χ0v) is 20.1. The van der Waals surface area contributed by atoms with Gasteiger partial charge in [-0.25, -0.2) is 0 Å². The number of aromatic nitrogens is 2. The lowest BCUT2D eigenvalue weighted by Crippen LogP contribution is -1.94. The van der Waals surface area contributed by atoms with Crippen LogP contribution in [-0.4, -0.2) is 16.0 Å². The Morgan fingerprint density at radius 3 is 2.41 bits per heavy atom. The highest BCUT2D eigenvalue weighted by Gasteiger charge is 2.17. The molecule has 0 fully saturated rings. The molecule has 0 saturated heterocycles. The fraction of sp³-hybridized carbons (Fsp3) is 0.0833. The summed E-state index contributed by atoms with van der Waals surface area (Å²) in [5, 5.41) is 11.7. The van der Waals surface area contributed by atoms with Gasteiger partial charge in [-0.2, -0.15) is 5.10 Å². The third-order valence-electron chi connectivity index (χ3n) is 4.60. The SMILES string of the molecule is Cn1nc(-c2ccccc2)c(/C=N/OCc2ccc(Cl)cc2Cl)c1Sc1ccc(Cl)cc1. The van der Waals surface area contributed by atoms with Crippen LogP contribution in [0.4, 0.5) is 0 Å². The highest BCUT2D eigenvalue weighted by molar-refractivity contribution is 7.99. The molecule has 0 amide bonds. The van der Waals surface area contributed by atoms with E-state index >= 15 is 0 Å². The zero-order chi connectivity index (χ0) is 22.5. The number of hydrogen-bond donors (Lipinski definition) is 0. The summed E-state index contributed by atoms with van der Waals surface area (Å²) in [5.74, 6) is 0. The van der Waals surface area contributed by atoms with Gasteiger partial charge < -0.3 is 4.84 Å². The van der Waals surface area contributed by atoms with E-state index in [2.05, 4.69) is 5.16 Å². The molecule has 162 valence electrons. The van der Waals surface area contributed by atoms with E-state index in [-0.39, 0.29) is 6.61 Å². The third-order valence-corrected chi connectivity index (χ3v) is 6.62. The third kappa shape index (κ3) is 5.48. The van der Waals surface area contributed by atoms with Crippen molar-refractivity contribution >= 4 is 52.8 Å². The van der Waals surface area contributed by atoms with Gasteiger partial charge in [0.15, 0.2) is 0 Å². The predicted molar refractivity (Wildman–Crippen MR) is 133 cm³/mol. The molecular formula is C24H18Cl3N3OS. The Hall–Kier alpha value is -2.44. The van der Waals surface area contributed by atoms with E-state index in [1.807, 2.05) is 72.4 Å². The molecule has 0 N–H and O–H groups in total. The summed E-state index contributed by atoms with van der Waals surface area (Å²) in [7, 11) is 1.91. The van der Waals surface area contributed by atoms with Gasteiger partial charge in [-0.1, -0.05) is 88.1 Å². The summed E-state index contributed by atoms with van der Waals surface area (Å²) >= 11 is 19.8. The van der Waals surface area contributed by atoms with Crippen LogP contribution in [0, 0.1) is 0 Å². The summed E-state index contributed by atoms with van der Waals surface area (Å²) < 4.78 is 1.85. The topological polar surface area (TPSA) is 39.4 Å². The summed E-state index contributed by atoms with van der Waals surface area (Å²) in [6.45, 7) is 0.229. The second-order valence-corrected chi connectivity index (χ2v) is 9.20. The second kappa shape index (κ2) is 10.5. The fourth-order valence-corrected chi connectivity index (χ4v) is 4.54. The van der Waals surface area contributed by atoms with E-state index in [0.717, 1.165) is 32.3 Å². The van der Waals surface area contributed by atoms with Crippen molar-refractivity contribution in [3.8, 4) is 11.3 Å². The Morgan fingerprint density at radius 2 is 1.69 bits per heavy atom. The molecule has 32 heavy (non-hydrogen) atoms. The van der Waals surface area contributed by atoms with Crippen molar-refractivity contribution in [2.45, 2.75) is 16.5 Å². The number of hydrogen-bond acceptors (Lipinski definition) is 4. The highest BCUT2D eigenvalue weighted by atomic mass is 35.5. The van der Waals surface area contributed by atoms with E-state index in [9.17, 15) is 0 Å². The quantitative estimate of drug-likeness (QED) is 0.191. The van der Waals surface area contributed by atoms with Crippen LogP contribution in [0.5, 0.6) is 0 Å². The number of halogens is 3. The van der Waals surface area contributed by atoms with Crippen molar-refractivity contribution in [2.75, 3.05) is 0 Å². The van der Waals surface area contributed by atoms with Crippen LogP contribution in [0.2, 0.25) is 15.1 Å². The van der Waals surface area contributed by atoms with Crippen LogP contribution in [0.1, 0.15) is 11.1 Å². The molecule has 0 aliphatic heterocycles. The Kier molecular flexibility index (Phi) is 7.43. The van der Waals surface area contributed by atoms with E-state index < -0.39 is 0 Å². The molecule has 0 aliphatic rings. The van der Waals surface area contributed by atoms with Gasteiger partial charge in [-0.3, -0.25) is 4.68 Å². The Morgan fingerprint density at radius 1 is 0.969 bits per heavy atom. The maximum Gasteiger partial charge on any atom is 0.143 e. The molecular weight excluding hydrogens is 485 g/mol. The largest absolute Gasteiger partial charge is 0.391 e. The zero-order valence-electron chi connectivity index (χ0n) is 17.0. The van der Waals surface area contributed by atoms with Gasteiger partial charge in [-0.15, -0.1) is 0 Å². The second-order valence-electron chi connectivity index (χ2n) is 6.86. The number of rotatable bonds is 7. The molecule has 3 aromatic carbocycles. The lowest BCUT2D eigenvalue weighted by molar-refractivity contribution is 0.132. The number of nitrogens with zero attached hydrogens (tertiary/aromatic N) is 3. The average Bonchev–Trinajstić information content (AvgIpc) is 3.10. The highest BCUT2D eigenvalue weighted by Crippen LogP contribution is 2.35. The maximum atomic E-state index is 6.22. The van der Waals surface area contributed by atoms with Crippen LogP contribution in [0.15, 0.2) is 87.9 Å². The summed E-state index contributed by atoms with van der Waals surface area (Å²) in [6, 6.07) is 22.9. The lowest BCUT2D eigenvalue weighted by atomic mass is 10.1. The Bertz CT molecular complexity index is 1240. The van der Waals surface area contributed by atoms with Gasteiger partial charge in [0.05, 0.1) is 11.8 Å². The molecule has 0 aliphatic carbocycles. The number of oxime groups is 1. The standard InChI is InChI=1S/C24H18Cl3N3OS/c1-30-24(32-20-11-9-18(25)10-12-20)21(23(29-30)16-5-3-2-4-6-16)14-28-31-15-17-7-8-19(26)13-22(17)27/h2-14H,15H2,1H3/b28-14+. The summed E-state index contributed by atoms with van der Waals surface area (Å²) in [4.78, 5) is 6.59. The van der Waals surface area contributed by atoms with Crippen molar-refractivity contribution in [2.24, 2.45) is 12.2 Å². The van der Waals surface area contributed by atoms with Gasteiger partial charge in [0.1, 0.15) is 17.3 Å². The molecule has 4 nitrogen and oxygen atoms in total. The number of aryl methyl sites for hydroxylation is 1. The van der Waals surface area contributed by atoms with Crippen molar-refractivity contribution in [1.29, 1.82) is 0 Å². The molecule has 4 aromatic rings. The van der Waals surface area contributed by atoms with Crippen LogP contribution in [0.3, 0.4) is 0 Å². The fourth-order valence-electron chi connectivity index (χ4n) is 3.02. The first-order valence-electron chi connectivity index (χ1n) is 9.66. The van der Waals surface area contributed by atoms with Gasteiger partial charge in [-0.05, 0) is 36.4 Å². The molecule has 4 rings (SSSR count). The van der Waals surface area contributed by atoms with Gasteiger partial charge in [0, 0.05) is 38.1 Å². The van der Waals surface area contributed by atoms with Crippen LogP contribution < -0.4 is 0 Å². The first kappa shape index (κ1) is 22.7. The van der Waals surface area contributed by atoms with Gasteiger partial charge in [0.2, 0.25) is 0 Å². The van der Waals surface area contributed by atoms with Crippen molar-refractivity contribution < 1.29 is 4.84 Å². The average molecular weight is 503 g/mol. The molecule has 1 heterocycles. The molecule has 0 bridgehead atoms. The Balaban J connectivity index is 1.63. The summed E-state index contributed by atoms with van der Waals surface area (Å²) in [5.41, 5.74) is 3.48. The number of benzene rings is 3. The van der Waals surface area contributed by atoms with Crippen molar-refractivity contribution in [3.63, 3.8) is 0 Å². The molecule has 0 unspecified atom stereocenters. The molecule has 8 heteroatoms. The normalized spacial score (nSPS) is 11.2. The van der Waals surface area contributed by atoms with E-state index in [4.69, 9.17) is 44.7 Å². The van der Waals surface area contributed by atoms with Crippen molar-refractivity contribution in [1.82, 2.24) is 9.78 Å². The minimum absolute atomic E-state index is 0.229. The molecule has 0 saturated carbocycles. The summed E-state index contributed by atoms with van der Waals surface area (Å²) in [6.07, 6.45) is 1.69. The molecule has 0 atom stereocenters. The molecule has 0 spiro atoms. The molecule has 1 aromatic heterocycles. The van der Waals surface area contributed by atoms with E-state index in [0.29, 0.717) is 15.1 Å². The van der Waals surface area contributed by atoms with E-state index in [1.165, 1.54) is 0 Å². The first-order valence-corrected chi connectivity index (χ1v) is 11.6. The van der Waals surface area contributed by atoms with Crippen LogP contribution in [0.25, 0.3) is 11.3 Å². The monoisotopic (exact) mass is 501 g/mol. The van der Waals surface area contributed by atoms with Gasteiger partial charge in [0.25, 0.3) is 0 Å².